The Morgan fingerprint density at radius 3 is 3.00 bits per heavy atom. The normalized spacial score (nSPS) is 10.8. The van der Waals surface area contributed by atoms with Crippen molar-refractivity contribution in [3.05, 3.63) is 53.2 Å². The second-order valence-electron chi connectivity index (χ2n) is 4.38. The zero-order valence-corrected chi connectivity index (χ0v) is 12.1. The molecule has 2 heterocycles. The third kappa shape index (κ3) is 2.46. The third-order valence-corrected chi connectivity index (χ3v) is 3.49. The van der Waals surface area contributed by atoms with Crippen LogP contribution < -0.4 is 5.32 Å². The lowest BCUT2D eigenvalue weighted by Crippen LogP contribution is -2.04. The molecule has 1 aromatic carbocycles. The van der Waals surface area contributed by atoms with Crippen molar-refractivity contribution in [3.63, 3.8) is 0 Å². The summed E-state index contributed by atoms with van der Waals surface area (Å²) >= 11 is 3.44. The molecule has 0 bridgehead atoms. The lowest BCUT2D eigenvalue weighted by Gasteiger charge is -2.09. The van der Waals surface area contributed by atoms with Crippen molar-refractivity contribution in [2.45, 2.75) is 6.54 Å². The van der Waals surface area contributed by atoms with Crippen LogP contribution in [-0.2, 0) is 13.6 Å². The van der Waals surface area contributed by atoms with Crippen LogP contribution in [0.2, 0.25) is 0 Å². The number of pyridine rings is 1. The SMILES string of the molecule is Cn1cncc1CNc1cccc2cc(Br)cnc12. The number of rotatable bonds is 3. The molecular weight excluding hydrogens is 304 g/mol. The molecule has 0 aliphatic carbocycles. The first-order valence-corrected chi connectivity index (χ1v) is 6.77. The molecular formula is C14H13BrN4. The second-order valence-corrected chi connectivity index (χ2v) is 5.30. The van der Waals surface area contributed by atoms with Crippen LogP contribution in [0.4, 0.5) is 5.69 Å². The summed E-state index contributed by atoms with van der Waals surface area (Å²) in [5.41, 5.74) is 3.15. The average molecular weight is 317 g/mol. The molecule has 19 heavy (non-hydrogen) atoms. The Kier molecular flexibility index (Phi) is 3.21. The van der Waals surface area contributed by atoms with Crippen LogP contribution >= 0.6 is 15.9 Å². The number of nitrogens with one attached hydrogen (secondary N) is 1. The van der Waals surface area contributed by atoms with Crippen LogP contribution in [-0.4, -0.2) is 14.5 Å². The minimum Gasteiger partial charge on any atom is -0.378 e. The van der Waals surface area contributed by atoms with E-state index in [1.165, 1.54) is 0 Å². The van der Waals surface area contributed by atoms with Gasteiger partial charge in [-0.1, -0.05) is 12.1 Å². The smallest absolute Gasteiger partial charge is 0.0946 e. The monoisotopic (exact) mass is 316 g/mol. The molecule has 0 amide bonds. The van der Waals surface area contributed by atoms with E-state index in [1.807, 2.05) is 36.1 Å². The zero-order valence-electron chi connectivity index (χ0n) is 10.5. The summed E-state index contributed by atoms with van der Waals surface area (Å²) in [5.74, 6) is 0. The first-order valence-electron chi connectivity index (χ1n) is 5.97. The number of nitrogens with zero attached hydrogens (tertiary/aromatic N) is 3. The van der Waals surface area contributed by atoms with Gasteiger partial charge < -0.3 is 9.88 Å². The van der Waals surface area contributed by atoms with Gasteiger partial charge in [0.1, 0.15) is 0 Å². The molecule has 3 rings (SSSR count). The molecule has 0 atom stereocenters. The number of anilines is 1. The maximum Gasteiger partial charge on any atom is 0.0946 e. The zero-order chi connectivity index (χ0) is 13.2. The summed E-state index contributed by atoms with van der Waals surface area (Å²) in [6.45, 7) is 0.730. The minimum atomic E-state index is 0.730. The van der Waals surface area contributed by atoms with Gasteiger partial charge in [0.05, 0.1) is 29.8 Å². The van der Waals surface area contributed by atoms with E-state index in [-0.39, 0.29) is 0 Å². The van der Waals surface area contributed by atoms with Crippen LogP contribution in [0.25, 0.3) is 10.9 Å². The van der Waals surface area contributed by atoms with E-state index in [0.717, 1.165) is 33.3 Å². The molecule has 5 heteroatoms. The van der Waals surface area contributed by atoms with Gasteiger partial charge in [-0.15, -0.1) is 0 Å². The fraction of sp³-hybridized carbons (Fsp3) is 0.143. The number of hydrogen-bond acceptors (Lipinski definition) is 3. The van der Waals surface area contributed by atoms with Gasteiger partial charge in [0.2, 0.25) is 0 Å². The average Bonchev–Trinajstić information content (AvgIpc) is 2.81. The van der Waals surface area contributed by atoms with Gasteiger partial charge in [-0.25, -0.2) is 4.98 Å². The summed E-state index contributed by atoms with van der Waals surface area (Å²) in [6, 6.07) is 8.20. The maximum atomic E-state index is 4.47. The van der Waals surface area contributed by atoms with Crippen molar-refractivity contribution in [1.82, 2.24) is 14.5 Å². The lowest BCUT2D eigenvalue weighted by atomic mass is 10.2. The van der Waals surface area contributed by atoms with Gasteiger partial charge in [0.25, 0.3) is 0 Å². The molecule has 96 valence electrons. The second kappa shape index (κ2) is 5.01. The van der Waals surface area contributed by atoms with Crippen molar-refractivity contribution in [3.8, 4) is 0 Å². The molecule has 4 nitrogen and oxygen atoms in total. The van der Waals surface area contributed by atoms with Crippen molar-refractivity contribution < 1.29 is 0 Å². The first kappa shape index (κ1) is 12.2. The quantitative estimate of drug-likeness (QED) is 0.805. The molecule has 0 aliphatic rings. The lowest BCUT2D eigenvalue weighted by molar-refractivity contribution is 0.838. The van der Waals surface area contributed by atoms with E-state index in [9.17, 15) is 0 Å². The van der Waals surface area contributed by atoms with Gasteiger partial charge in [-0.05, 0) is 28.1 Å². The first-order chi connectivity index (χ1) is 9.24. The molecule has 0 saturated carbocycles. The number of fused-ring (bicyclic) bond motifs is 1. The van der Waals surface area contributed by atoms with Crippen LogP contribution in [0.1, 0.15) is 5.69 Å². The number of aromatic nitrogens is 3. The van der Waals surface area contributed by atoms with Gasteiger partial charge in [-0.3, -0.25) is 4.98 Å². The maximum absolute atomic E-state index is 4.47. The summed E-state index contributed by atoms with van der Waals surface area (Å²) in [6.07, 6.45) is 5.48. The Labute approximate surface area is 119 Å². The fourth-order valence-electron chi connectivity index (χ4n) is 2.02. The standard InChI is InChI=1S/C14H13BrN4/c1-19-9-16-7-12(19)8-17-13-4-2-3-10-5-11(15)6-18-14(10)13/h2-7,9,17H,8H2,1H3. The van der Waals surface area contributed by atoms with Crippen molar-refractivity contribution in [2.75, 3.05) is 5.32 Å². The highest BCUT2D eigenvalue weighted by Gasteiger charge is 2.04. The van der Waals surface area contributed by atoms with Crippen molar-refractivity contribution in [1.29, 1.82) is 0 Å². The van der Waals surface area contributed by atoms with Crippen molar-refractivity contribution in [2.24, 2.45) is 7.05 Å². The number of halogens is 1. The molecule has 2 aromatic heterocycles. The minimum absolute atomic E-state index is 0.730. The fourth-order valence-corrected chi connectivity index (χ4v) is 2.37. The number of hydrogen-bond donors (Lipinski definition) is 1. The van der Waals surface area contributed by atoms with Gasteiger partial charge in [-0.2, -0.15) is 0 Å². The Morgan fingerprint density at radius 1 is 1.32 bits per heavy atom. The Morgan fingerprint density at radius 2 is 2.21 bits per heavy atom. The molecule has 0 spiro atoms. The highest BCUT2D eigenvalue weighted by Crippen LogP contribution is 2.24. The predicted molar refractivity (Wildman–Crippen MR) is 80.0 cm³/mol. The summed E-state index contributed by atoms with van der Waals surface area (Å²) in [7, 11) is 1.99. The van der Waals surface area contributed by atoms with Crippen LogP contribution in [0, 0.1) is 0 Å². The van der Waals surface area contributed by atoms with Gasteiger partial charge >= 0.3 is 0 Å². The molecule has 0 fully saturated rings. The van der Waals surface area contributed by atoms with Gasteiger partial charge in [0.15, 0.2) is 0 Å². The molecule has 0 saturated heterocycles. The highest BCUT2D eigenvalue weighted by molar-refractivity contribution is 9.10. The van der Waals surface area contributed by atoms with Crippen LogP contribution in [0.15, 0.2) is 47.5 Å². The summed E-state index contributed by atoms with van der Waals surface area (Å²) < 4.78 is 2.99. The van der Waals surface area contributed by atoms with E-state index in [4.69, 9.17) is 0 Å². The van der Waals surface area contributed by atoms with E-state index in [1.54, 1.807) is 6.33 Å². The van der Waals surface area contributed by atoms with Crippen molar-refractivity contribution >= 4 is 32.5 Å². The summed E-state index contributed by atoms with van der Waals surface area (Å²) in [5, 5.41) is 4.53. The van der Waals surface area contributed by atoms with E-state index >= 15 is 0 Å². The topological polar surface area (TPSA) is 42.7 Å². The molecule has 0 radical (unpaired) electrons. The molecule has 3 aromatic rings. The molecule has 0 unspecified atom stereocenters. The Hall–Kier alpha value is -1.88. The molecule has 1 N–H and O–H groups in total. The Balaban J connectivity index is 1.91. The largest absolute Gasteiger partial charge is 0.378 e. The molecule has 0 aliphatic heterocycles. The van der Waals surface area contributed by atoms with E-state index in [0.29, 0.717) is 0 Å². The van der Waals surface area contributed by atoms with Crippen LogP contribution in [0.5, 0.6) is 0 Å². The van der Waals surface area contributed by atoms with Crippen LogP contribution in [0.3, 0.4) is 0 Å². The summed E-state index contributed by atoms with van der Waals surface area (Å²) in [4.78, 5) is 8.58. The number of para-hydroxylation sites is 1. The number of benzene rings is 1. The predicted octanol–water partition coefficient (Wildman–Crippen LogP) is 3.34. The Bertz CT molecular complexity index is 720. The van der Waals surface area contributed by atoms with E-state index < -0.39 is 0 Å². The van der Waals surface area contributed by atoms with Gasteiger partial charge in [0, 0.05) is 29.3 Å². The highest BCUT2D eigenvalue weighted by atomic mass is 79.9. The number of aryl methyl sites for hydroxylation is 1. The van der Waals surface area contributed by atoms with E-state index in [2.05, 4.69) is 43.3 Å². The number of imidazole rings is 1. The third-order valence-electron chi connectivity index (χ3n) is 3.05.